The fourth-order valence-corrected chi connectivity index (χ4v) is 3.79. The van der Waals surface area contributed by atoms with Crippen LogP contribution in [0, 0.1) is 0 Å². The van der Waals surface area contributed by atoms with E-state index in [0.717, 1.165) is 36.9 Å². The molecule has 0 radical (unpaired) electrons. The van der Waals surface area contributed by atoms with Crippen molar-refractivity contribution >= 4 is 17.6 Å². The zero-order valence-corrected chi connectivity index (χ0v) is 13.6. The summed E-state index contributed by atoms with van der Waals surface area (Å²) >= 11 is 0. The summed E-state index contributed by atoms with van der Waals surface area (Å²) in [6.45, 7) is 0.0457. The highest BCUT2D eigenvalue weighted by atomic mass is 16.4. The number of benzene rings is 1. The van der Waals surface area contributed by atoms with Gasteiger partial charge in [0, 0.05) is 17.9 Å². The molecule has 0 saturated carbocycles. The van der Waals surface area contributed by atoms with Crippen LogP contribution < -0.4 is 10.5 Å². The number of aliphatic carboxylic acids is 1. The summed E-state index contributed by atoms with van der Waals surface area (Å²) in [4.78, 5) is 41.2. The van der Waals surface area contributed by atoms with Crippen molar-refractivity contribution in [1.29, 1.82) is 0 Å². The molecule has 1 aliphatic carbocycles. The molecule has 25 heavy (non-hydrogen) atoms. The van der Waals surface area contributed by atoms with Crippen molar-refractivity contribution < 1.29 is 14.7 Å². The number of carboxylic acid groups (broad SMARTS) is 1. The SMILES string of the molecule is O=C(O)C1CN(C(=O)c2cc3c([nH]c2=O)CCCC3)c2ccccc21. The monoisotopic (exact) mass is 338 g/mol. The number of nitrogens with zero attached hydrogens (tertiary/aromatic N) is 1. The number of H-pyrrole nitrogens is 1. The van der Waals surface area contributed by atoms with Crippen molar-refractivity contribution in [2.24, 2.45) is 0 Å². The number of aryl methyl sites for hydroxylation is 2. The van der Waals surface area contributed by atoms with Crippen LogP contribution in [0.3, 0.4) is 0 Å². The zero-order chi connectivity index (χ0) is 17.6. The highest BCUT2D eigenvalue weighted by Gasteiger charge is 2.37. The standard InChI is InChI=1S/C19H18N2O4/c22-17-13(9-11-5-1-3-7-15(11)20-17)18(23)21-10-14(19(24)25)12-6-2-4-8-16(12)21/h2,4,6,8-9,14H,1,3,5,7,10H2,(H,20,22)(H,24,25). The van der Waals surface area contributed by atoms with Crippen LogP contribution >= 0.6 is 0 Å². The van der Waals surface area contributed by atoms with Crippen LogP contribution in [0.2, 0.25) is 0 Å². The van der Waals surface area contributed by atoms with Crippen LogP contribution in [0.4, 0.5) is 5.69 Å². The van der Waals surface area contributed by atoms with Gasteiger partial charge in [-0.1, -0.05) is 18.2 Å². The van der Waals surface area contributed by atoms with E-state index in [0.29, 0.717) is 11.3 Å². The Kier molecular flexibility index (Phi) is 3.67. The Hall–Kier alpha value is -2.89. The van der Waals surface area contributed by atoms with E-state index in [9.17, 15) is 19.5 Å². The number of para-hydroxylation sites is 1. The predicted molar refractivity (Wildman–Crippen MR) is 92.2 cm³/mol. The van der Waals surface area contributed by atoms with Gasteiger partial charge in [0.15, 0.2) is 0 Å². The first-order chi connectivity index (χ1) is 12.1. The predicted octanol–water partition coefficient (Wildman–Crippen LogP) is 2.08. The third-order valence-electron chi connectivity index (χ3n) is 5.08. The molecule has 4 rings (SSSR count). The molecule has 0 spiro atoms. The number of anilines is 1. The smallest absolute Gasteiger partial charge is 0.312 e. The van der Waals surface area contributed by atoms with Crippen molar-refractivity contribution in [3.05, 3.63) is 63.1 Å². The van der Waals surface area contributed by atoms with Crippen LogP contribution in [0.15, 0.2) is 35.1 Å². The van der Waals surface area contributed by atoms with E-state index in [4.69, 9.17) is 0 Å². The molecule has 1 amide bonds. The Morgan fingerprint density at radius 2 is 1.92 bits per heavy atom. The molecule has 1 aliphatic heterocycles. The van der Waals surface area contributed by atoms with Gasteiger partial charge < -0.3 is 15.0 Å². The van der Waals surface area contributed by atoms with Gasteiger partial charge in [-0.2, -0.15) is 0 Å². The summed E-state index contributed by atoms with van der Waals surface area (Å²) in [7, 11) is 0. The number of hydrogen-bond acceptors (Lipinski definition) is 3. The van der Waals surface area contributed by atoms with Gasteiger partial charge in [0.2, 0.25) is 0 Å². The highest BCUT2D eigenvalue weighted by Crippen LogP contribution is 2.37. The molecule has 2 aliphatic rings. The van der Waals surface area contributed by atoms with Gasteiger partial charge in [-0.25, -0.2) is 0 Å². The van der Waals surface area contributed by atoms with E-state index in [1.54, 1.807) is 30.3 Å². The lowest BCUT2D eigenvalue weighted by Gasteiger charge is -2.20. The molecule has 1 unspecified atom stereocenters. The fraction of sp³-hybridized carbons (Fsp3) is 0.316. The van der Waals surface area contributed by atoms with E-state index in [2.05, 4.69) is 4.98 Å². The number of pyridine rings is 1. The lowest BCUT2D eigenvalue weighted by molar-refractivity contribution is -0.138. The van der Waals surface area contributed by atoms with Crippen molar-refractivity contribution in [2.75, 3.05) is 11.4 Å². The lowest BCUT2D eigenvalue weighted by atomic mass is 9.95. The molecule has 128 valence electrons. The summed E-state index contributed by atoms with van der Waals surface area (Å²) < 4.78 is 0. The van der Waals surface area contributed by atoms with E-state index in [-0.39, 0.29) is 12.1 Å². The Labute approximate surface area is 144 Å². The third-order valence-corrected chi connectivity index (χ3v) is 5.08. The Balaban J connectivity index is 1.75. The Morgan fingerprint density at radius 3 is 2.72 bits per heavy atom. The lowest BCUT2D eigenvalue weighted by Crippen LogP contribution is -2.35. The molecule has 1 aromatic carbocycles. The summed E-state index contributed by atoms with van der Waals surface area (Å²) in [6.07, 6.45) is 3.75. The van der Waals surface area contributed by atoms with E-state index < -0.39 is 23.4 Å². The van der Waals surface area contributed by atoms with Crippen LogP contribution in [-0.2, 0) is 17.6 Å². The molecule has 2 aromatic rings. The van der Waals surface area contributed by atoms with Crippen LogP contribution in [0.5, 0.6) is 0 Å². The largest absolute Gasteiger partial charge is 0.481 e. The number of carbonyl (C=O) groups excluding carboxylic acids is 1. The van der Waals surface area contributed by atoms with Crippen LogP contribution in [0.1, 0.15) is 45.9 Å². The van der Waals surface area contributed by atoms with Gasteiger partial charge in [0.1, 0.15) is 11.5 Å². The summed E-state index contributed by atoms with van der Waals surface area (Å²) in [5.41, 5.74) is 2.78. The number of nitrogens with one attached hydrogen (secondary N) is 1. The molecule has 0 saturated heterocycles. The molecular formula is C19H18N2O4. The number of rotatable bonds is 2. The molecule has 0 fully saturated rings. The molecule has 2 N–H and O–H groups in total. The van der Waals surface area contributed by atoms with Crippen LogP contribution in [0.25, 0.3) is 0 Å². The summed E-state index contributed by atoms with van der Waals surface area (Å²) in [6, 6.07) is 8.66. The zero-order valence-electron chi connectivity index (χ0n) is 13.6. The molecule has 2 heterocycles. The normalized spacial score (nSPS) is 18.6. The summed E-state index contributed by atoms with van der Waals surface area (Å²) in [5.74, 6) is -2.18. The van der Waals surface area contributed by atoms with E-state index in [1.165, 1.54) is 4.90 Å². The number of aromatic amines is 1. The minimum absolute atomic E-state index is 0.0457. The highest BCUT2D eigenvalue weighted by molar-refractivity contribution is 6.08. The van der Waals surface area contributed by atoms with Crippen LogP contribution in [-0.4, -0.2) is 28.5 Å². The molecule has 6 nitrogen and oxygen atoms in total. The average Bonchev–Trinajstić information content (AvgIpc) is 3.00. The maximum absolute atomic E-state index is 13.0. The number of carbonyl (C=O) groups is 2. The van der Waals surface area contributed by atoms with Crippen molar-refractivity contribution in [1.82, 2.24) is 4.98 Å². The van der Waals surface area contributed by atoms with Gasteiger partial charge in [-0.3, -0.25) is 14.4 Å². The fourth-order valence-electron chi connectivity index (χ4n) is 3.79. The maximum atomic E-state index is 13.0. The van der Waals surface area contributed by atoms with E-state index >= 15 is 0 Å². The maximum Gasteiger partial charge on any atom is 0.312 e. The second kappa shape index (κ2) is 5.88. The van der Waals surface area contributed by atoms with Gasteiger partial charge in [-0.15, -0.1) is 0 Å². The first kappa shape index (κ1) is 15.6. The topological polar surface area (TPSA) is 90.5 Å². The van der Waals surface area contributed by atoms with Gasteiger partial charge in [0.25, 0.3) is 11.5 Å². The first-order valence-electron chi connectivity index (χ1n) is 8.45. The number of fused-ring (bicyclic) bond motifs is 2. The number of hydrogen-bond donors (Lipinski definition) is 2. The van der Waals surface area contributed by atoms with Gasteiger partial charge >= 0.3 is 5.97 Å². The molecule has 1 atom stereocenters. The van der Waals surface area contributed by atoms with E-state index in [1.807, 2.05) is 0 Å². The minimum Gasteiger partial charge on any atom is -0.481 e. The molecule has 0 bridgehead atoms. The van der Waals surface area contributed by atoms with Crippen molar-refractivity contribution in [3.63, 3.8) is 0 Å². The number of carboxylic acids is 1. The summed E-state index contributed by atoms with van der Waals surface area (Å²) in [5, 5.41) is 9.44. The second-order valence-corrected chi connectivity index (χ2v) is 6.59. The minimum atomic E-state index is -0.970. The molecular weight excluding hydrogens is 320 g/mol. The molecule has 1 aromatic heterocycles. The third kappa shape index (κ3) is 2.54. The Morgan fingerprint density at radius 1 is 1.16 bits per heavy atom. The quantitative estimate of drug-likeness (QED) is 0.877. The van der Waals surface area contributed by atoms with Gasteiger partial charge in [-0.05, 0) is 48.9 Å². The average molecular weight is 338 g/mol. The van der Waals surface area contributed by atoms with Gasteiger partial charge in [0.05, 0.1) is 0 Å². The second-order valence-electron chi connectivity index (χ2n) is 6.59. The molecule has 6 heteroatoms. The Bertz CT molecular complexity index is 931. The van der Waals surface area contributed by atoms with Crippen molar-refractivity contribution in [2.45, 2.75) is 31.6 Å². The van der Waals surface area contributed by atoms with Crippen molar-refractivity contribution in [3.8, 4) is 0 Å². The first-order valence-corrected chi connectivity index (χ1v) is 8.45. The number of amides is 1. The number of aromatic nitrogens is 1.